The molecule has 0 radical (unpaired) electrons. The summed E-state index contributed by atoms with van der Waals surface area (Å²) in [6.45, 7) is 4.91. The Kier molecular flexibility index (Phi) is 5.27. The number of anilines is 1. The molecule has 2 aromatic heterocycles. The van der Waals surface area contributed by atoms with Gasteiger partial charge in [-0.2, -0.15) is 5.10 Å². The van der Waals surface area contributed by atoms with Crippen LogP contribution in [0, 0.1) is 5.92 Å². The van der Waals surface area contributed by atoms with Crippen LogP contribution in [0.4, 0.5) is 5.82 Å². The second kappa shape index (κ2) is 6.99. The van der Waals surface area contributed by atoms with Gasteiger partial charge in [0.1, 0.15) is 5.82 Å². The van der Waals surface area contributed by atoms with Crippen LogP contribution in [-0.2, 0) is 6.54 Å². The first-order chi connectivity index (χ1) is 10.1. The van der Waals surface area contributed by atoms with E-state index in [2.05, 4.69) is 21.9 Å². The number of rotatable bonds is 4. The second-order valence-electron chi connectivity index (χ2n) is 5.60. The fourth-order valence-electron chi connectivity index (χ4n) is 2.59. The molecule has 1 saturated heterocycles. The molecule has 1 unspecified atom stereocenters. The average Bonchev–Trinajstić information content (AvgIpc) is 3.09. The van der Waals surface area contributed by atoms with Crippen LogP contribution in [-0.4, -0.2) is 38.9 Å². The Labute approximate surface area is 142 Å². The predicted octanol–water partition coefficient (Wildman–Crippen LogP) is -1.01. The van der Waals surface area contributed by atoms with Crippen molar-refractivity contribution in [1.82, 2.24) is 14.8 Å². The third-order valence-corrected chi connectivity index (χ3v) is 3.78. The summed E-state index contributed by atoms with van der Waals surface area (Å²) in [5.74, 6) is 0.776. The summed E-state index contributed by atoms with van der Waals surface area (Å²) in [5, 5.41) is 12.9. The molecule has 0 amide bonds. The van der Waals surface area contributed by atoms with Crippen LogP contribution in [0.25, 0.3) is 0 Å². The molecule has 2 aromatic rings. The van der Waals surface area contributed by atoms with Crippen LogP contribution in [0.1, 0.15) is 30.7 Å². The van der Waals surface area contributed by atoms with Crippen molar-refractivity contribution in [3.63, 3.8) is 0 Å². The number of aromatic nitrogens is 3. The van der Waals surface area contributed by atoms with Gasteiger partial charge in [-0.3, -0.25) is 4.68 Å². The summed E-state index contributed by atoms with van der Waals surface area (Å²) in [7, 11) is 0. The minimum atomic E-state index is -0.960. The Hall–Kier alpha value is -1.77. The SMILES string of the molecule is CC1CCN(c2ccc(Cn3cc(C(=O)O)cn3)cn2)C1.[H-].[Li+]. The van der Waals surface area contributed by atoms with Gasteiger partial charge in [-0.1, -0.05) is 13.0 Å². The zero-order valence-electron chi connectivity index (χ0n) is 13.9. The van der Waals surface area contributed by atoms with E-state index in [-0.39, 0.29) is 25.9 Å². The van der Waals surface area contributed by atoms with Gasteiger partial charge >= 0.3 is 24.8 Å². The van der Waals surface area contributed by atoms with Crippen LogP contribution < -0.4 is 23.8 Å². The molecule has 0 aromatic carbocycles. The number of aromatic carboxylic acids is 1. The fraction of sp³-hybridized carbons (Fsp3) is 0.400. The van der Waals surface area contributed by atoms with Gasteiger partial charge in [0.25, 0.3) is 0 Å². The summed E-state index contributed by atoms with van der Waals surface area (Å²) in [5.41, 5.74) is 1.21. The van der Waals surface area contributed by atoms with E-state index in [1.807, 2.05) is 18.3 Å². The molecular weight excluding hydrogens is 275 g/mol. The van der Waals surface area contributed by atoms with Gasteiger partial charge in [0, 0.05) is 25.5 Å². The van der Waals surface area contributed by atoms with Crippen molar-refractivity contribution in [3.8, 4) is 0 Å². The van der Waals surface area contributed by atoms with Crippen molar-refractivity contribution >= 4 is 11.8 Å². The minimum absolute atomic E-state index is 0. The van der Waals surface area contributed by atoms with E-state index < -0.39 is 5.97 Å². The molecular formula is C15H19LiN4O2. The quantitative estimate of drug-likeness (QED) is 0.732. The molecule has 0 spiro atoms. The van der Waals surface area contributed by atoms with Gasteiger partial charge in [-0.25, -0.2) is 9.78 Å². The third-order valence-electron chi connectivity index (χ3n) is 3.78. The number of hydrogen-bond acceptors (Lipinski definition) is 4. The summed E-state index contributed by atoms with van der Waals surface area (Å²) >= 11 is 0. The molecule has 1 aliphatic heterocycles. The van der Waals surface area contributed by atoms with E-state index in [0.29, 0.717) is 6.54 Å². The summed E-state index contributed by atoms with van der Waals surface area (Å²) < 4.78 is 1.61. The molecule has 3 rings (SSSR count). The molecule has 22 heavy (non-hydrogen) atoms. The first-order valence-electron chi connectivity index (χ1n) is 7.07. The topological polar surface area (TPSA) is 71.2 Å². The monoisotopic (exact) mass is 294 g/mol. The second-order valence-corrected chi connectivity index (χ2v) is 5.60. The maximum absolute atomic E-state index is 10.8. The van der Waals surface area contributed by atoms with E-state index in [1.165, 1.54) is 18.8 Å². The van der Waals surface area contributed by atoms with Gasteiger partial charge in [-0.05, 0) is 24.0 Å². The van der Waals surface area contributed by atoms with E-state index in [4.69, 9.17) is 5.11 Å². The molecule has 1 atom stereocenters. The van der Waals surface area contributed by atoms with Gasteiger partial charge in [0.2, 0.25) is 0 Å². The molecule has 1 N–H and O–H groups in total. The molecule has 0 saturated carbocycles. The number of carboxylic acid groups (broad SMARTS) is 1. The van der Waals surface area contributed by atoms with E-state index in [9.17, 15) is 4.79 Å². The Morgan fingerprint density at radius 1 is 1.45 bits per heavy atom. The van der Waals surface area contributed by atoms with Gasteiger partial charge in [0.05, 0.1) is 18.3 Å². The zero-order chi connectivity index (χ0) is 14.8. The van der Waals surface area contributed by atoms with Crippen molar-refractivity contribution in [2.24, 2.45) is 5.92 Å². The number of nitrogens with zero attached hydrogens (tertiary/aromatic N) is 4. The largest absolute Gasteiger partial charge is 1.00 e. The van der Waals surface area contributed by atoms with Crippen LogP contribution >= 0.6 is 0 Å². The van der Waals surface area contributed by atoms with E-state index >= 15 is 0 Å². The van der Waals surface area contributed by atoms with Crippen molar-refractivity contribution in [1.29, 1.82) is 0 Å². The summed E-state index contributed by atoms with van der Waals surface area (Å²) in [6, 6.07) is 4.04. The maximum Gasteiger partial charge on any atom is 1.00 e. The van der Waals surface area contributed by atoms with Gasteiger partial charge < -0.3 is 11.4 Å². The zero-order valence-corrected chi connectivity index (χ0v) is 12.9. The number of pyridine rings is 1. The van der Waals surface area contributed by atoms with Crippen LogP contribution in [0.3, 0.4) is 0 Å². The van der Waals surface area contributed by atoms with Crippen LogP contribution in [0.15, 0.2) is 30.7 Å². The molecule has 7 heteroatoms. The van der Waals surface area contributed by atoms with Gasteiger partial charge in [-0.15, -0.1) is 0 Å². The predicted molar refractivity (Wildman–Crippen MR) is 79.6 cm³/mol. The molecule has 1 fully saturated rings. The first-order valence-corrected chi connectivity index (χ1v) is 7.07. The van der Waals surface area contributed by atoms with Crippen molar-refractivity contribution in [2.45, 2.75) is 19.9 Å². The first kappa shape index (κ1) is 16.6. The molecule has 3 heterocycles. The number of carboxylic acids is 1. The third kappa shape index (κ3) is 3.70. The Bertz CT molecular complexity index is 647. The molecule has 6 nitrogen and oxygen atoms in total. The summed E-state index contributed by atoms with van der Waals surface area (Å²) in [6.07, 6.45) is 5.93. The van der Waals surface area contributed by atoms with Crippen molar-refractivity contribution in [2.75, 3.05) is 18.0 Å². The molecule has 1 aliphatic rings. The Morgan fingerprint density at radius 2 is 2.27 bits per heavy atom. The van der Waals surface area contributed by atoms with Crippen molar-refractivity contribution < 1.29 is 30.2 Å². The van der Waals surface area contributed by atoms with Crippen molar-refractivity contribution in [3.05, 3.63) is 41.9 Å². The Morgan fingerprint density at radius 3 is 2.82 bits per heavy atom. The average molecular weight is 294 g/mol. The smallest absolute Gasteiger partial charge is 1.00 e. The normalized spacial score (nSPS) is 17.3. The van der Waals surface area contributed by atoms with Crippen LogP contribution in [0.2, 0.25) is 0 Å². The van der Waals surface area contributed by atoms with Gasteiger partial charge in [0.15, 0.2) is 0 Å². The minimum Gasteiger partial charge on any atom is -1.00 e. The standard InChI is InChI=1S/C15H18N4O2.Li.H/c1-11-4-5-18(8-11)14-3-2-12(6-16-14)9-19-10-13(7-17-19)15(20)21;;/h2-3,6-7,10-11H,4-5,8-9H2,1H3,(H,20,21);;/q;+1;-1. The summed E-state index contributed by atoms with van der Waals surface area (Å²) in [4.78, 5) is 17.6. The van der Waals surface area contributed by atoms with E-state index in [1.54, 1.807) is 4.68 Å². The Balaban J connectivity index is 0.00000132. The molecule has 0 aliphatic carbocycles. The number of hydrogen-bond donors (Lipinski definition) is 1. The maximum atomic E-state index is 10.8. The molecule has 112 valence electrons. The number of carbonyl (C=O) groups is 1. The van der Waals surface area contributed by atoms with E-state index in [0.717, 1.165) is 30.4 Å². The molecule has 0 bridgehead atoms. The fourth-order valence-corrected chi connectivity index (χ4v) is 2.59. The van der Waals surface area contributed by atoms with Crippen LogP contribution in [0.5, 0.6) is 0 Å².